The van der Waals surface area contributed by atoms with Crippen molar-refractivity contribution >= 4 is 43.3 Å². The van der Waals surface area contributed by atoms with E-state index in [-0.39, 0.29) is 5.56 Å². The van der Waals surface area contributed by atoms with Gasteiger partial charge in [-0.3, -0.25) is 4.79 Å². The molecule has 3 aromatic rings. The Balaban J connectivity index is 1.95. The lowest BCUT2D eigenvalue weighted by atomic mass is 10.1. The number of aromatic carboxylic acids is 1. The first kappa shape index (κ1) is 16.1. The predicted octanol–water partition coefficient (Wildman–Crippen LogP) is 2.34. The molecule has 1 aromatic carbocycles. The Morgan fingerprint density at radius 2 is 2.08 bits per heavy atom. The zero-order valence-corrected chi connectivity index (χ0v) is 14.7. The van der Waals surface area contributed by atoms with Crippen molar-refractivity contribution in [2.45, 2.75) is 13.5 Å². The summed E-state index contributed by atoms with van der Waals surface area (Å²) >= 11 is 1.39. The number of anilines is 1. The molecule has 3 heterocycles. The van der Waals surface area contributed by atoms with Crippen LogP contribution in [-0.2, 0) is 6.54 Å². The summed E-state index contributed by atoms with van der Waals surface area (Å²) in [4.78, 5) is 26.3. The molecule has 130 valence electrons. The van der Waals surface area contributed by atoms with Crippen molar-refractivity contribution in [1.29, 1.82) is 0 Å². The number of carbonyl (C=O) groups is 1. The number of fused-ring (bicyclic) bond motifs is 3. The minimum atomic E-state index is -1.17. The van der Waals surface area contributed by atoms with Crippen LogP contribution in [0.4, 0.5) is 5.69 Å². The van der Waals surface area contributed by atoms with Crippen LogP contribution in [0.5, 0.6) is 0 Å². The van der Waals surface area contributed by atoms with Crippen LogP contribution in [-0.4, -0.2) is 41.8 Å². The van der Waals surface area contributed by atoms with Crippen LogP contribution in [0.15, 0.2) is 29.2 Å². The normalized spacial score (nSPS) is 15.2. The number of hydrogen-bond donors (Lipinski definition) is 2. The maximum Gasteiger partial charge on any atom is 0.341 e. The predicted molar refractivity (Wildman–Crippen MR) is 101 cm³/mol. The van der Waals surface area contributed by atoms with E-state index >= 15 is 0 Å². The van der Waals surface area contributed by atoms with Gasteiger partial charge < -0.3 is 19.9 Å². The number of piperazine rings is 1. The fourth-order valence-electron chi connectivity index (χ4n) is 3.43. The molecular formula is C18H19N3O3S. The van der Waals surface area contributed by atoms with Gasteiger partial charge in [-0.05, 0) is 25.1 Å². The summed E-state index contributed by atoms with van der Waals surface area (Å²) in [6.45, 7) is 6.42. The highest BCUT2D eigenvalue weighted by Gasteiger charge is 2.19. The van der Waals surface area contributed by atoms with Crippen LogP contribution in [0, 0.1) is 0 Å². The number of nitrogens with zero attached hydrogens (tertiary/aromatic N) is 2. The van der Waals surface area contributed by atoms with Gasteiger partial charge in [-0.1, -0.05) is 0 Å². The van der Waals surface area contributed by atoms with Crippen LogP contribution in [0.25, 0.3) is 20.3 Å². The summed E-state index contributed by atoms with van der Waals surface area (Å²) in [7, 11) is 0. The van der Waals surface area contributed by atoms with Crippen molar-refractivity contribution in [3.8, 4) is 0 Å². The third-order valence-corrected chi connectivity index (χ3v) is 5.86. The standard InChI is InChI=1S/C18H19N3O3S/c1-2-20-10-13(18(23)24)16(22)17-15(20)12-4-3-11(9-14(12)25-17)21-7-5-19-6-8-21/h3-4,9-10,19H,2,5-8H2,1H3,(H,23,24). The molecule has 4 rings (SSSR count). The van der Waals surface area contributed by atoms with Crippen LogP contribution < -0.4 is 15.6 Å². The van der Waals surface area contributed by atoms with E-state index in [1.54, 1.807) is 0 Å². The van der Waals surface area contributed by atoms with Crippen molar-refractivity contribution in [2.75, 3.05) is 31.1 Å². The molecule has 0 spiro atoms. The van der Waals surface area contributed by atoms with Crippen molar-refractivity contribution in [1.82, 2.24) is 9.88 Å². The molecule has 25 heavy (non-hydrogen) atoms. The summed E-state index contributed by atoms with van der Waals surface area (Å²) in [6.07, 6.45) is 1.46. The lowest BCUT2D eigenvalue weighted by Gasteiger charge is -2.29. The fraction of sp³-hybridized carbons (Fsp3) is 0.333. The van der Waals surface area contributed by atoms with Crippen LogP contribution in [0.1, 0.15) is 17.3 Å². The van der Waals surface area contributed by atoms with Crippen molar-refractivity contribution in [2.24, 2.45) is 0 Å². The summed E-state index contributed by atoms with van der Waals surface area (Å²) < 4.78 is 3.41. The van der Waals surface area contributed by atoms with Gasteiger partial charge in [0, 0.05) is 54.7 Å². The largest absolute Gasteiger partial charge is 0.477 e. The van der Waals surface area contributed by atoms with Crippen molar-refractivity contribution in [3.63, 3.8) is 0 Å². The molecule has 0 bridgehead atoms. The lowest BCUT2D eigenvalue weighted by molar-refractivity contribution is 0.0695. The molecule has 0 aliphatic carbocycles. The van der Waals surface area contributed by atoms with E-state index in [1.165, 1.54) is 17.5 Å². The Bertz CT molecular complexity index is 1030. The van der Waals surface area contributed by atoms with E-state index in [1.807, 2.05) is 11.5 Å². The first-order chi connectivity index (χ1) is 12.1. The second-order valence-corrected chi connectivity index (χ2v) is 7.21. The third kappa shape index (κ3) is 2.60. The Labute approximate surface area is 148 Å². The molecule has 6 nitrogen and oxygen atoms in total. The van der Waals surface area contributed by atoms with Gasteiger partial charge in [0.2, 0.25) is 5.43 Å². The van der Waals surface area contributed by atoms with E-state index < -0.39 is 11.4 Å². The van der Waals surface area contributed by atoms with Gasteiger partial charge in [-0.15, -0.1) is 11.3 Å². The maximum absolute atomic E-state index is 12.6. The second-order valence-electron chi connectivity index (χ2n) is 6.16. The second kappa shape index (κ2) is 6.16. The van der Waals surface area contributed by atoms with E-state index in [9.17, 15) is 14.7 Å². The third-order valence-electron chi connectivity index (χ3n) is 4.72. The molecule has 2 N–H and O–H groups in total. The number of nitrogens with one attached hydrogen (secondary N) is 1. The Kier molecular flexibility index (Phi) is 3.97. The van der Waals surface area contributed by atoms with E-state index in [2.05, 4.69) is 28.4 Å². The average molecular weight is 357 g/mol. The molecule has 1 aliphatic rings. The first-order valence-corrected chi connectivity index (χ1v) is 9.20. The Hall–Kier alpha value is -2.38. The summed E-state index contributed by atoms with van der Waals surface area (Å²) in [5.74, 6) is -1.17. The van der Waals surface area contributed by atoms with E-state index in [4.69, 9.17) is 0 Å². The number of thiophene rings is 1. The molecule has 0 radical (unpaired) electrons. The topological polar surface area (TPSA) is 74.6 Å². The van der Waals surface area contributed by atoms with Gasteiger partial charge in [0.25, 0.3) is 0 Å². The summed E-state index contributed by atoms with van der Waals surface area (Å²) in [5.41, 5.74) is 1.43. The smallest absolute Gasteiger partial charge is 0.341 e. The molecule has 2 aromatic heterocycles. The van der Waals surface area contributed by atoms with Gasteiger partial charge in [-0.2, -0.15) is 0 Å². The summed E-state index contributed by atoms with van der Waals surface area (Å²) in [6, 6.07) is 6.26. The van der Waals surface area contributed by atoms with Gasteiger partial charge in [0.05, 0.1) is 5.52 Å². The SMILES string of the molecule is CCn1cc(C(=O)O)c(=O)c2sc3cc(N4CCNCC4)ccc3c21. The maximum atomic E-state index is 12.6. The zero-order chi connectivity index (χ0) is 17.6. The number of aromatic nitrogens is 1. The molecule has 7 heteroatoms. The highest BCUT2D eigenvalue weighted by Crippen LogP contribution is 2.35. The monoisotopic (exact) mass is 357 g/mol. The molecule has 1 aliphatic heterocycles. The number of hydrogen-bond acceptors (Lipinski definition) is 5. The zero-order valence-electron chi connectivity index (χ0n) is 13.9. The first-order valence-electron chi connectivity index (χ1n) is 8.39. The van der Waals surface area contributed by atoms with Gasteiger partial charge >= 0.3 is 5.97 Å². The van der Waals surface area contributed by atoms with E-state index in [0.29, 0.717) is 11.2 Å². The van der Waals surface area contributed by atoms with Gasteiger partial charge in [0.1, 0.15) is 10.3 Å². The minimum absolute atomic E-state index is 0.164. The van der Waals surface area contributed by atoms with Crippen LogP contribution in [0.3, 0.4) is 0 Å². The van der Waals surface area contributed by atoms with E-state index in [0.717, 1.165) is 47.5 Å². The number of aryl methyl sites for hydroxylation is 1. The highest BCUT2D eigenvalue weighted by molar-refractivity contribution is 7.25. The average Bonchev–Trinajstić information content (AvgIpc) is 3.02. The number of rotatable bonds is 3. The quantitative estimate of drug-likeness (QED) is 0.753. The molecule has 1 saturated heterocycles. The van der Waals surface area contributed by atoms with Crippen LogP contribution in [0.2, 0.25) is 0 Å². The van der Waals surface area contributed by atoms with Gasteiger partial charge in [-0.25, -0.2) is 4.79 Å². The van der Waals surface area contributed by atoms with Crippen molar-refractivity contribution in [3.05, 3.63) is 40.2 Å². The molecule has 1 fully saturated rings. The van der Waals surface area contributed by atoms with Crippen LogP contribution >= 0.6 is 11.3 Å². The number of benzene rings is 1. The molecule has 0 atom stereocenters. The minimum Gasteiger partial charge on any atom is -0.477 e. The molecule has 0 unspecified atom stereocenters. The highest BCUT2D eigenvalue weighted by atomic mass is 32.1. The Morgan fingerprint density at radius 1 is 1.32 bits per heavy atom. The van der Waals surface area contributed by atoms with Gasteiger partial charge in [0.15, 0.2) is 0 Å². The number of carboxylic acid groups (broad SMARTS) is 1. The molecule has 0 amide bonds. The summed E-state index contributed by atoms with van der Waals surface area (Å²) in [5, 5.41) is 13.7. The number of carboxylic acids is 1. The lowest BCUT2D eigenvalue weighted by Crippen LogP contribution is -2.43. The number of pyridine rings is 1. The van der Waals surface area contributed by atoms with Crippen molar-refractivity contribution < 1.29 is 9.90 Å². The molecule has 0 saturated carbocycles. The Morgan fingerprint density at radius 3 is 2.76 bits per heavy atom. The fourth-order valence-corrected chi connectivity index (χ4v) is 4.63. The molecular weight excluding hydrogens is 338 g/mol.